The van der Waals surface area contributed by atoms with Crippen LogP contribution in [0.15, 0.2) is 47.6 Å². The van der Waals surface area contributed by atoms with Crippen molar-refractivity contribution in [3.8, 4) is 11.5 Å². The monoisotopic (exact) mass is 418 g/mol. The number of carbonyl (C=O) groups is 2. The van der Waals surface area contributed by atoms with Gasteiger partial charge in [0.2, 0.25) is 5.91 Å². The van der Waals surface area contributed by atoms with E-state index in [1.165, 1.54) is 24.4 Å². The summed E-state index contributed by atoms with van der Waals surface area (Å²) >= 11 is 0. The molecule has 1 atom stereocenters. The molecule has 2 amide bonds. The van der Waals surface area contributed by atoms with E-state index in [1.54, 1.807) is 24.0 Å². The molecule has 2 aliphatic heterocycles. The fraction of sp³-hybridized carbons (Fsp3) is 0.261. The highest BCUT2D eigenvalue weighted by Crippen LogP contribution is 2.42. The Morgan fingerprint density at radius 2 is 2.03 bits per heavy atom. The third-order valence-electron chi connectivity index (χ3n) is 6.21. The molecule has 1 saturated heterocycles. The number of phenols is 1. The normalized spacial score (nSPS) is 21.0. The zero-order valence-electron chi connectivity index (χ0n) is 17.3. The fourth-order valence-corrected chi connectivity index (χ4v) is 4.59. The number of piperazine rings is 1. The van der Waals surface area contributed by atoms with Crippen molar-refractivity contribution in [1.29, 1.82) is 0 Å². The number of aromatic nitrogens is 1. The Labute approximate surface area is 178 Å². The smallest absolute Gasteiger partial charge is 0.275 e. The number of methoxy groups -OCH3 is 1. The molecule has 2 N–H and O–H groups in total. The van der Waals surface area contributed by atoms with Crippen molar-refractivity contribution in [2.45, 2.75) is 18.9 Å². The molecule has 0 saturated carbocycles. The van der Waals surface area contributed by atoms with Crippen molar-refractivity contribution in [1.82, 2.24) is 14.9 Å². The number of phenolic OH excluding ortho intramolecular Hbond substituents is 1. The summed E-state index contributed by atoms with van der Waals surface area (Å²) in [6, 6.07) is 12.7. The standard InChI is InChI=1S/C23H22N4O4/c1-23-21-16(15-5-3-4-6-17(15)25-21)9-10-26(23)20(29)13-27(22(23)30)24-12-14-7-8-18(28)19(11-14)31-2/h3-8,11-12,25,28H,9-10,13H2,1-2H3/t23-/m1/s1. The Bertz CT molecular complexity index is 1250. The SMILES string of the molecule is COc1cc(C=NN2CC(=O)N3CCc4c([nH]c5ccccc45)[C@]3(C)C2=O)ccc1O. The van der Waals surface area contributed by atoms with Crippen LogP contribution in [0.3, 0.4) is 0 Å². The van der Waals surface area contributed by atoms with Crippen molar-refractivity contribution in [3.63, 3.8) is 0 Å². The number of nitrogens with zero attached hydrogens (tertiary/aromatic N) is 3. The highest BCUT2D eigenvalue weighted by Gasteiger charge is 2.54. The number of hydrazone groups is 1. The summed E-state index contributed by atoms with van der Waals surface area (Å²) in [4.78, 5) is 31.6. The number of carbonyl (C=O) groups excluding carboxylic acids is 2. The largest absolute Gasteiger partial charge is 0.504 e. The van der Waals surface area contributed by atoms with E-state index in [9.17, 15) is 14.7 Å². The molecule has 31 heavy (non-hydrogen) atoms. The summed E-state index contributed by atoms with van der Waals surface area (Å²) in [6.45, 7) is 2.16. The van der Waals surface area contributed by atoms with E-state index < -0.39 is 5.54 Å². The van der Waals surface area contributed by atoms with Gasteiger partial charge in [-0.05, 0) is 48.7 Å². The van der Waals surface area contributed by atoms with Gasteiger partial charge in [-0.3, -0.25) is 9.59 Å². The predicted octanol–water partition coefficient (Wildman–Crippen LogP) is 2.36. The lowest BCUT2D eigenvalue weighted by molar-refractivity contribution is -0.165. The number of rotatable bonds is 3. The maximum atomic E-state index is 13.6. The van der Waals surface area contributed by atoms with E-state index in [4.69, 9.17) is 4.74 Å². The first-order valence-corrected chi connectivity index (χ1v) is 10.1. The molecule has 8 nitrogen and oxygen atoms in total. The number of amides is 2. The van der Waals surface area contributed by atoms with Crippen LogP contribution in [0.25, 0.3) is 10.9 Å². The molecule has 0 aliphatic carbocycles. The summed E-state index contributed by atoms with van der Waals surface area (Å²) in [5, 5.41) is 16.4. The van der Waals surface area contributed by atoms with Crippen LogP contribution in [0.1, 0.15) is 23.7 Å². The van der Waals surface area contributed by atoms with Crippen molar-refractivity contribution in [3.05, 3.63) is 59.3 Å². The lowest BCUT2D eigenvalue weighted by Gasteiger charge is -2.48. The van der Waals surface area contributed by atoms with E-state index >= 15 is 0 Å². The van der Waals surface area contributed by atoms with Crippen LogP contribution in [0, 0.1) is 0 Å². The Balaban J connectivity index is 1.53. The van der Waals surface area contributed by atoms with Crippen LogP contribution in [0.4, 0.5) is 0 Å². The highest BCUT2D eigenvalue weighted by atomic mass is 16.5. The number of aromatic amines is 1. The lowest BCUT2D eigenvalue weighted by Crippen LogP contribution is -2.65. The number of H-pyrrole nitrogens is 1. The number of aromatic hydroxyl groups is 1. The minimum Gasteiger partial charge on any atom is -0.504 e. The second-order valence-corrected chi connectivity index (χ2v) is 7.93. The van der Waals surface area contributed by atoms with Crippen molar-refractivity contribution < 1.29 is 19.4 Å². The Kier molecular flexibility index (Phi) is 4.25. The topological polar surface area (TPSA) is 98.2 Å². The first kappa shape index (κ1) is 19.2. The van der Waals surface area contributed by atoms with Gasteiger partial charge >= 0.3 is 0 Å². The molecule has 1 fully saturated rings. The molecule has 5 rings (SSSR count). The van der Waals surface area contributed by atoms with Gasteiger partial charge in [-0.2, -0.15) is 5.10 Å². The first-order valence-electron chi connectivity index (χ1n) is 10.1. The van der Waals surface area contributed by atoms with Gasteiger partial charge in [0.05, 0.1) is 19.0 Å². The lowest BCUT2D eigenvalue weighted by atomic mass is 9.83. The van der Waals surface area contributed by atoms with Gasteiger partial charge in [-0.1, -0.05) is 18.2 Å². The molecule has 3 aromatic rings. The quantitative estimate of drug-likeness (QED) is 0.638. The zero-order valence-corrected chi connectivity index (χ0v) is 17.3. The number of fused-ring (bicyclic) bond motifs is 5. The Hall–Kier alpha value is -3.81. The Morgan fingerprint density at radius 3 is 2.84 bits per heavy atom. The molecular formula is C23H22N4O4. The van der Waals surface area contributed by atoms with Gasteiger partial charge in [-0.15, -0.1) is 0 Å². The first-order chi connectivity index (χ1) is 14.9. The molecule has 0 bridgehead atoms. The number of nitrogens with one attached hydrogen (secondary N) is 1. The third kappa shape index (κ3) is 2.78. The van der Waals surface area contributed by atoms with E-state index in [0.29, 0.717) is 24.3 Å². The van der Waals surface area contributed by atoms with Gasteiger partial charge in [0.25, 0.3) is 5.91 Å². The van der Waals surface area contributed by atoms with Crippen molar-refractivity contribution in [2.75, 3.05) is 20.2 Å². The minimum absolute atomic E-state index is 0.0144. The van der Waals surface area contributed by atoms with Crippen LogP contribution in [0.5, 0.6) is 11.5 Å². The fourth-order valence-electron chi connectivity index (χ4n) is 4.59. The molecule has 0 unspecified atom stereocenters. The predicted molar refractivity (Wildman–Crippen MR) is 115 cm³/mol. The number of ether oxygens (including phenoxy) is 1. The zero-order chi connectivity index (χ0) is 21.8. The van der Waals surface area contributed by atoms with Crippen LogP contribution >= 0.6 is 0 Å². The Morgan fingerprint density at radius 1 is 1.23 bits per heavy atom. The van der Waals surface area contributed by atoms with Crippen molar-refractivity contribution in [2.24, 2.45) is 5.10 Å². The molecule has 8 heteroatoms. The number of hydrogen-bond donors (Lipinski definition) is 2. The average Bonchev–Trinajstić information content (AvgIpc) is 3.16. The molecule has 2 aromatic carbocycles. The number of benzene rings is 2. The third-order valence-corrected chi connectivity index (χ3v) is 6.21. The van der Waals surface area contributed by atoms with Gasteiger partial charge in [-0.25, -0.2) is 5.01 Å². The summed E-state index contributed by atoms with van der Waals surface area (Å²) in [7, 11) is 1.46. The number of para-hydroxylation sites is 1. The molecule has 158 valence electrons. The summed E-state index contributed by atoms with van der Waals surface area (Å²) in [5.41, 5.74) is 2.27. The van der Waals surface area contributed by atoms with Gasteiger partial charge in [0.15, 0.2) is 17.0 Å². The highest BCUT2D eigenvalue weighted by molar-refractivity contribution is 6.01. The molecular weight excluding hydrogens is 396 g/mol. The number of hydrogen-bond acceptors (Lipinski definition) is 5. The summed E-state index contributed by atoms with van der Waals surface area (Å²) in [5.74, 6) is -0.0906. The van der Waals surface area contributed by atoms with Gasteiger partial charge in [0, 0.05) is 17.4 Å². The molecule has 0 spiro atoms. The van der Waals surface area contributed by atoms with E-state index in [0.717, 1.165) is 22.2 Å². The van der Waals surface area contributed by atoms with E-state index in [-0.39, 0.29) is 24.1 Å². The summed E-state index contributed by atoms with van der Waals surface area (Å²) in [6.07, 6.45) is 2.19. The second kappa shape index (κ2) is 6.87. The van der Waals surface area contributed by atoms with Crippen LogP contribution in [0.2, 0.25) is 0 Å². The van der Waals surface area contributed by atoms with Gasteiger partial charge < -0.3 is 19.7 Å². The van der Waals surface area contributed by atoms with Crippen molar-refractivity contribution >= 4 is 28.9 Å². The van der Waals surface area contributed by atoms with Crippen LogP contribution in [-0.2, 0) is 21.5 Å². The maximum absolute atomic E-state index is 13.6. The molecule has 2 aliphatic rings. The minimum atomic E-state index is -1.15. The van der Waals surface area contributed by atoms with Crippen LogP contribution < -0.4 is 4.74 Å². The molecule has 0 radical (unpaired) electrons. The second-order valence-electron chi connectivity index (χ2n) is 7.93. The average molecular weight is 418 g/mol. The van der Waals surface area contributed by atoms with E-state index in [2.05, 4.69) is 10.1 Å². The summed E-state index contributed by atoms with van der Waals surface area (Å²) < 4.78 is 5.11. The van der Waals surface area contributed by atoms with Crippen LogP contribution in [-0.4, -0.2) is 58.2 Å². The van der Waals surface area contributed by atoms with Gasteiger partial charge in [0.1, 0.15) is 6.54 Å². The molecule has 3 heterocycles. The maximum Gasteiger partial charge on any atom is 0.275 e. The molecule has 1 aromatic heterocycles. The van der Waals surface area contributed by atoms with E-state index in [1.807, 2.05) is 24.3 Å².